The lowest BCUT2D eigenvalue weighted by Crippen LogP contribution is -2.38. The van der Waals surface area contributed by atoms with E-state index in [0.29, 0.717) is 11.7 Å². The Morgan fingerprint density at radius 2 is 1.63 bits per heavy atom. The summed E-state index contributed by atoms with van der Waals surface area (Å²) in [5.74, 6) is 0.845. The average molecular weight is 413 g/mol. The topological polar surface area (TPSA) is 71.0 Å². The number of hydrogen-bond acceptors (Lipinski definition) is 5. The summed E-state index contributed by atoms with van der Waals surface area (Å²) in [4.78, 5) is 14.6. The van der Waals surface area contributed by atoms with Crippen LogP contribution in [0.15, 0.2) is 48.5 Å². The second kappa shape index (κ2) is 10.5. The Morgan fingerprint density at radius 3 is 2.23 bits per heavy atom. The van der Waals surface area contributed by atoms with Crippen molar-refractivity contribution in [2.45, 2.75) is 38.9 Å². The molecular formula is C24H32N2O4. The highest BCUT2D eigenvalue weighted by Gasteiger charge is 2.17. The van der Waals surface area contributed by atoms with E-state index in [4.69, 9.17) is 9.47 Å². The average Bonchev–Trinajstić information content (AvgIpc) is 2.78. The molecule has 6 heteroatoms. The first-order valence-electron chi connectivity index (χ1n) is 10.6. The molecule has 162 valence electrons. The number of aliphatic hydroxyl groups is 1. The van der Waals surface area contributed by atoms with Crippen LogP contribution in [0.2, 0.25) is 0 Å². The SMILES string of the molecule is CC(Oc1ccc(C(C)C)cc1)C(=O)NCC(O)c1ccc(N2CCOCC2)cc1. The zero-order chi connectivity index (χ0) is 21.5. The maximum atomic E-state index is 12.4. The molecule has 1 heterocycles. The number of carbonyl (C=O) groups excluding carboxylic acids is 1. The summed E-state index contributed by atoms with van der Waals surface area (Å²) in [5.41, 5.74) is 3.11. The number of nitrogens with zero attached hydrogens (tertiary/aromatic N) is 1. The number of amides is 1. The summed E-state index contributed by atoms with van der Waals surface area (Å²) in [7, 11) is 0. The summed E-state index contributed by atoms with van der Waals surface area (Å²) in [5, 5.41) is 13.2. The van der Waals surface area contributed by atoms with Gasteiger partial charge in [0, 0.05) is 25.3 Å². The third-order valence-electron chi connectivity index (χ3n) is 5.35. The number of benzene rings is 2. The van der Waals surface area contributed by atoms with Gasteiger partial charge in [-0.25, -0.2) is 0 Å². The quantitative estimate of drug-likeness (QED) is 0.696. The fraction of sp³-hybridized carbons (Fsp3) is 0.458. The lowest BCUT2D eigenvalue weighted by Gasteiger charge is -2.29. The van der Waals surface area contributed by atoms with Crippen LogP contribution in [0.25, 0.3) is 0 Å². The molecule has 2 unspecified atom stereocenters. The van der Waals surface area contributed by atoms with Gasteiger partial charge >= 0.3 is 0 Å². The standard InChI is InChI=1S/C24H32N2O4/c1-17(2)19-6-10-22(11-7-19)30-18(3)24(28)25-16-23(27)20-4-8-21(9-5-20)26-12-14-29-15-13-26/h4-11,17-18,23,27H,12-16H2,1-3H3,(H,25,28). The van der Waals surface area contributed by atoms with Crippen molar-refractivity contribution in [3.8, 4) is 5.75 Å². The molecule has 30 heavy (non-hydrogen) atoms. The van der Waals surface area contributed by atoms with Crippen LogP contribution in [-0.2, 0) is 9.53 Å². The Kier molecular flexibility index (Phi) is 7.71. The molecule has 6 nitrogen and oxygen atoms in total. The summed E-state index contributed by atoms with van der Waals surface area (Å²) >= 11 is 0. The van der Waals surface area contributed by atoms with Gasteiger partial charge in [0.1, 0.15) is 5.75 Å². The van der Waals surface area contributed by atoms with Gasteiger partial charge in [-0.15, -0.1) is 0 Å². The fourth-order valence-electron chi connectivity index (χ4n) is 3.38. The van der Waals surface area contributed by atoms with Gasteiger partial charge in [-0.1, -0.05) is 38.1 Å². The van der Waals surface area contributed by atoms with Crippen molar-refractivity contribution < 1.29 is 19.4 Å². The summed E-state index contributed by atoms with van der Waals surface area (Å²) in [6, 6.07) is 15.6. The lowest BCUT2D eigenvalue weighted by atomic mass is 10.0. The predicted molar refractivity (Wildman–Crippen MR) is 118 cm³/mol. The highest BCUT2D eigenvalue weighted by Crippen LogP contribution is 2.21. The molecule has 0 saturated carbocycles. The zero-order valence-corrected chi connectivity index (χ0v) is 18.0. The lowest BCUT2D eigenvalue weighted by molar-refractivity contribution is -0.127. The normalized spacial score (nSPS) is 16.2. The van der Waals surface area contributed by atoms with Crippen LogP contribution in [0, 0.1) is 0 Å². The van der Waals surface area contributed by atoms with Gasteiger partial charge in [0.15, 0.2) is 6.10 Å². The van der Waals surface area contributed by atoms with Gasteiger partial charge in [-0.05, 0) is 48.2 Å². The first-order valence-corrected chi connectivity index (χ1v) is 10.6. The molecule has 0 aromatic heterocycles. The van der Waals surface area contributed by atoms with Crippen LogP contribution in [0.1, 0.15) is 43.9 Å². The van der Waals surface area contributed by atoms with E-state index in [-0.39, 0.29) is 12.5 Å². The number of carbonyl (C=O) groups is 1. The van der Waals surface area contributed by atoms with Crippen molar-refractivity contribution in [1.29, 1.82) is 0 Å². The van der Waals surface area contributed by atoms with Crippen molar-refractivity contribution in [1.82, 2.24) is 5.32 Å². The number of morpholine rings is 1. The minimum Gasteiger partial charge on any atom is -0.481 e. The highest BCUT2D eigenvalue weighted by molar-refractivity contribution is 5.80. The molecule has 1 saturated heterocycles. The number of aliphatic hydroxyl groups excluding tert-OH is 1. The molecule has 2 N–H and O–H groups in total. The molecule has 0 aliphatic carbocycles. The Balaban J connectivity index is 1.47. The van der Waals surface area contributed by atoms with Crippen LogP contribution in [0.4, 0.5) is 5.69 Å². The first kappa shape index (κ1) is 22.1. The molecule has 2 atom stereocenters. The molecular weight excluding hydrogens is 380 g/mol. The molecule has 3 rings (SSSR count). The molecule has 0 bridgehead atoms. The van der Waals surface area contributed by atoms with Crippen molar-refractivity contribution in [3.63, 3.8) is 0 Å². The number of nitrogens with one attached hydrogen (secondary N) is 1. The Bertz CT molecular complexity index is 799. The van der Waals surface area contributed by atoms with Gasteiger partial charge < -0.3 is 24.8 Å². The van der Waals surface area contributed by atoms with Gasteiger partial charge in [-0.3, -0.25) is 4.79 Å². The highest BCUT2D eigenvalue weighted by atomic mass is 16.5. The van der Waals surface area contributed by atoms with E-state index < -0.39 is 12.2 Å². The smallest absolute Gasteiger partial charge is 0.260 e. The van der Waals surface area contributed by atoms with E-state index in [1.807, 2.05) is 48.5 Å². The van der Waals surface area contributed by atoms with Crippen LogP contribution in [-0.4, -0.2) is 50.0 Å². The molecule has 1 fully saturated rings. The minimum absolute atomic E-state index is 0.135. The largest absolute Gasteiger partial charge is 0.481 e. The monoisotopic (exact) mass is 412 g/mol. The number of rotatable bonds is 8. The first-order chi connectivity index (χ1) is 14.4. The van der Waals surface area contributed by atoms with E-state index in [9.17, 15) is 9.90 Å². The van der Waals surface area contributed by atoms with E-state index >= 15 is 0 Å². The van der Waals surface area contributed by atoms with Crippen LogP contribution < -0.4 is 15.0 Å². The number of ether oxygens (including phenoxy) is 2. The van der Waals surface area contributed by atoms with Gasteiger partial charge in [-0.2, -0.15) is 0 Å². The molecule has 1 aliphatic rings. The van der Waals surface area contributed by atoms with Gasteiger partial charge in [0.2, 0.25) is 0 Å². The number of hydrogen-bond donors (Lipinski definition) is 2. The van der Waals surface area contributed by atoms with Crippen LogP contribution >= 0.6 is 0 Å². The fourth-order valence-corrected chi connectivity index (χ4v) is 3.38. The molecule has 0 spiro atoms. The Labute approximate surface area is 178 Å². The summed E-state index contributed by atoms with van der Waals surface area (Å²) < 4.78 is 11.1. The maximum absolute atomic E-state index is 12.4. The minimum atomic E-state index is -0.773. The third-order valence-corrected chi connectivity index (χ3v) is 5.35. The van der Waals surface area contributed by atoms with Crippen molar-refractivity contribution in [2.75, 3.05) is 37.7 Å². The Morgan fingerprint density at radius 1 is 1.03 bits per heavy atom. The molecule has 1 aliphatic heterocycles. The van der Waals surface area contributed by atoms with E-state index in [2.05, 4.69) is 24.1 Å². The molecule has 0 radical (unpaired) electrons. The third kappa shape index (κ3) is 5.97. The molecule has 2 aromatic rings. The molecule has 2 aromatic carbocycles. The molecule has 1 amide bonds. The van der Waals surface area contributed by atoms with E-state index in [0.717, 1.165) is 37.6 Å². The van der Waals surface area contributed by atoms with Crippen molar-refractivity contribution in [3.05, 3.63) is 59.7 Å². The maximum Gasteiger partial charge on any atom is 0.260 e. The van der Waals surface area contributed by atoms with Crippen molar-refractivity contribution in [2.24, 2.45) is 0 Å². The van der Waals surface area contributed by atoms with Gasteiger partial charge in [0.05, 0.1) is 19.3 Å². The predicted octanol–water partition coefficient (Wildman–Crippen LogP) is 3.26. The van der Waals surface area contributed by atoms with Crippen molar-refractivity contribution >= 4 is 11.6 Å². The second-order valence-electron chi connectivity index (χ2n) is 7.94. The van der Waals surface area contributed by atoms with Crippen LogP contribution in [0.5, 0.6) is 5.75 Å². The zero-order valence-electron chi connectivity index (χ0n) is 18.0. The van der Waals surface area contributed by atoms with Gasteiger partial charge in [0.25, 0.3) is 5.91 Å². The van der Waals surface area contributed by atoms with E-state index in [1.165, 1.54) is 5.56 Å². The second-order valence-corrected chi connectivity index (χ2v) is 7.94. The van der Waals surface area contributed by atoms with Crippen LogP contribution in [0.3, 0.4) is 0 Å². The Hall–Kier alpha value is -2.57. The summed E-state index contributed by atoms with van der Waals surface area (Å²) in [6.45, 7) is 9.31. The number of anilines is 1. The summed E-state index contributed by atoms with van der Waals surface area (Å²) in [6.07, 6.45) is -1.42. The van der Waals surface area contributed by atoms with E-state index in [1.54, 1.807) is 6.92 Å².